The Balaban J connectivity index is 2.01. The van der Waals surface area contributed by atoms with Crippen LogP contribution in [0.4, 0.5) is 11.6 Å². The van der Waals surface area contributed by atoms with Crippen LogP contribution < -0.4 is 10.6 Å². The topological polar surface area (TPSA) is 49.8 Å². The lowest BCUT2D eigenvalue weighted by atomic mass is 9.82. The van der Waals surface area contributed by atoms with Gasteiger partial charge in [0.1, 0.15) is 18.0 Å². The summed E-state index contributed by atoms with van der Waals surface area (Å²) >= 11 is 0. The van der Waals surface area contributed by atoms with Gasteiger partial charge in [-0.2, -0.15) is 0 Å². The van der Waals surface area contributed by atoms with Gasteiger partial charge in [-0.25, -0.2) is 9.97 Å². The third kappa shape index (κ3) is 3.84. The van der Waals surface area contributed by atoms with Crippen molar-refractivity contribution in [2.45, 2.75) is 52.4 Å². The van der Waals surface area contributed by atoms with Crippen LogP contribution in [-0.2, 0) is 6.42 Å². The molecule has 1 aliphatic carbocycles. The summed E-state index contributed by atoms with van der Waals surface area (Å²) in [6.45, 7) is 5.61. The molecule has 0 saturated heterocycles. The molecule has 0 aromatic carbocycles. The highest BCUT2D eigenvalue weighted by Crippen LogP contribution is 2.29. The van der Waals surface area contributed by atoms with Gasteiger partial charge >= 0.3 is 0 Å². The lowest BCUT2D eigenvalue weighted by molar-refractivity contribution is 0.293. The second kappa shape index (κ2) is 7.46. The summed E-state index contributed by atoms with van der Waals surface area (Å²) in [5.74, 6) is 3.65. The Labute approximate surface area is 122 Å². The molecule has 20 heavy (non-hydrogen) atoms. The number of nitrogens with one attached hydrogen (secondary N) is 2. The van der Waals surface area contributed by atoms with Crippen molar-refractivity contribution in [3.8, 4) is 0 Å². The molecule has 0 radical (unpaired) electrons. The van der Waals surface area contributed by atoms with Crippen LogP contribution in [0.25, 0.3) is 0 Å². The molecular formula is C16H28N4. The van der Waals surface area contributed by atoms with Crippen LogP contribution in [0.2, 0.25) is 0 Å². The molecule has 2 rings (SSSR count). The first kappa shape index (κ1) is 15.1. The maximum atomic E-state index is 4.45. The number of nitrogens with zero attached hydrogens (tertiary/aromatic N) is 2. The van der Waals surface area contributed by atoms with Crippen LogP contribution in [0, 0.1) is 11.8 Å². The van der Waals surface area contributed by atoms with E-state index < -0.39 is 0 Å². The van der Waals surface area contributed by atoms with E-state index in [0.717, 1.165) is 42.9 Å². The number of hydrogen-bond donors (Lipinski definition) is 2. The zero-order valence-electron chi connectivity index (χ0n) is 13.1. The highest BCUT2D eigenvalue weighted by atomic mass is 15.1. The number of aromatic nitrogens is 2. The Hall–Kier alpha value is -1.32. The minimum atomic E-state index is 0.793. The molecule has 2 unspecified atom stereocenters. The molecule has 4 nitrogen and oxygen atoms in total. The highest BCUT2D eigenvalue weighted by Gasteiger charge is 2.19. The quantitative estimate of drug-likeness (QED) is 0.831. The second-order valence-corrected chi connectivity index (χ2v) is 6.07. The van der Waals surface area contributed by atoms with Gasteiger partial charge in [-0.05, 0) is 31.1 Å². The molecule has 1 aromatic rings. The van der Waals surface area contributed by atoms with Crippen LogP contribution >= 0.6 is 0 Å². The minimum Gasteiger partial charge on any atom is -0.373 e. The maximum absolute atomic E-state index is 4.45. The fraction of sp³-hybridized carbons (Fsp3) is 0.750. The average Bonchev–Trinajstić information content (AvgIpc) is 2.46. The number of hydrogen-bond acceptors (Lipinski definition) is 4. The molecule has 1 aliphatic rings. The van der Waals surface area contributed by atoms with Gasteiger partial charge in [-0.15, -0.1) is 0 Å². The second-order valence-electron chi connectivity index (χ2n) is 6.07. The smallest absolute Gasteiger partial charge is 0.134 e. The van der Waals surface area contributed by atoms with Gasteiger partial charge in [0.05, 0.1) is 0 Å². The molecule has 0 bridgehead atoms. The molecule has 4 heteroatoms. The lowest BCUT2D eigenvalue weighted by Gasteiger charge is -2.27. The first-order valence-electron chi connectivity index (χ1n) is 8.00. The van der Waals surface area contributed by atoms with Gasteiger partial charge in [0.2, 0.25) is 0 Å². The fourth-order valence-electron chi connectivity index (χ4n) is 3.25. The SMILES string of the molecule is CCCc1c(NC)ncnc1NCC1CCCC(C)C1. The van der Waals surface area contributed by atoms with Gasteiger partial charge in [0, 0.05) is 19.2 Å². The third-order valence-electron chi connectivity index (χ3n) is 4.29. The molecule has 0 aliphatic heterocycles. The molecule has 1 saturated carbocycles. The van der Waals surface area contributed by atoms with E-state index in [-0.39, 0.29) is 0 Å². The summed E-state index contributed by atoms with van der Waals surface area (Å²) in [5, 5.41) is 6.75. The van der Waals surface area contributed by atoms with E-state index in [4.69, 9.17) is 0 Å². The van der Waals surface area contributed by atoms with Crippen LogP contribution in [0.5, 0.6) is 0 Å². The van der Waals surface area contributed by atoms with Gasteiger partial charge in [-0.1, -0.05) is 33.1 Å². The van der Waals surface area contributed by atoms with Crippen LogP contribution in [0.3, 0.4) is 0 Å². The van der Waals surface area contributed by atoms with Gasteiger partial charge in [-0.3, -0.25) is 0 Å². The van der Waals surface area contributed by atoms with Gasteiger partial charge < -0.3 is 10.6 Å². The predicted octanol–water partition coefficient (Wildman–Crippen LogP) is 3.71. The average molecular weight is 276 g/mol. The van der Waals surface area contributed by atoms with E-state index in [0.29, 0.717) is 0 Å². The monoisotopic (exact) mass is 276 g/mol. The Morgan fingerprint density at radius 2 is 2.05 bits per heavy atom. The van der Waals surface area contributed by atoms with Gasteiger partial charge in [0.15, 0.2) is 0 Å². The van der Waals surface area contributed by atoms with Crippen molar-refractivity contribution in [3.63, 3.8) is 0 Å². The summed E-state index contributed by atoms with van der Waals surface area (Å²) in [7, 11) is 1.92. The predicted molar refractivity (Wildman–Crippen MR) is 85.2 cm³/mol. The Morgan fingerprint density at radius 3 is 2.75 bits per heavy atom. The Bertz CT molecular complexity index is 419. The Morgan fingerprint density at radius 1 is 1.25 bits per heavy atom. The molecule has 112 valence electrons. The maximum Gasteiger partial charge on any atom is 0.134 e. The van der Waals surface area contributed by atoms with Crippen LogP contribution in [0.15, 0.2) is 6.33 Å². The Kier molecular flexibility index (Phi) is 5.62. The normalized spacial score (nSPS) is 22.6. The third-order valence-corrected chi connectivity index (χ3v) is 4.29. The summed E-state index contributed by atoms with van der Waals surface area (Å²) in [6, 6.07) is 0. The van der Waals surface area contributed by atoms with Crippen molar-refractivity contribution in [1.82, 2.24) is 9.97 Å². The van der Waals surface area contributed by atoms with E-state index >= 15 is 0 Å². The van der Waals surface area contributed by atoms with Crippen molar-refractivity contribution in [2.24, 2.45) is 11.8 Å². The van der Waals surface area contributed by atoms with E-state index in [1.165, 1.54) is 31.2 Å². The number of anilines is 2. The molecule has 0 spiro atoms. The van der Waals surface area contributed by atoms with E-state index in [1.807, 2.05) is 7.05 Å². The van der Waals surface area contributed by atoms with Crippen molar-refractivity contribution in [2.75, 3.05) is 24.2 Å². The molecular weight excluding hydrogens is 248 g/mol. The summed E-state index contributed by atoms with van der Waals surface area (Å²) in [5.41, 5.74) is 1.22. The fourth-order valence-corrected chi connectivity index (χ4v) is 3.25. The van der Waals surface area contributed by atoms with Crippen molar-refractivity contribution in [3.05, 3.63) is 11.9 Å². The molecule has 1 aromatic heterocycles. The highest BCUT2D eigenvalue weighted by molar-refractivity contribution is 5.57. The minimum absolute atomic E-state index is 0.793. The summed E-state index contributed by atoms with van der Waals surface area (Å²) < 4.78 is 0. The van der Waals surface area contributed by atoms with Crippen molar-refractivity contribution in [1.29, 1.82) is 0 Å². The zero-order valence-corrected chi connectivity index (χ0v) is 13.1. The molecule has 2 N–H and O–H groups in total. The van der Waals surface area contributed by atoms with E-state index in [9.17, 15) is 0 Å². The molecule has 2 atom stereocenters. The first-order valence-corrected chi connectivity index (χ1v) is 8.00. The van der Waals surface area contributed by atoms with E-state index in [1.54, 1.807) is 6.33 Å². The standard InChI is InChI=1S/C16H28N4/c1-4-6-14-15(17-3)19-11-20-16(14)18-10-13-8-5-7-12(2)9-13/h11-13H,4-10H2,1-3H3,(H2,17,18,19,20). The van der Waals surface area contributed by atoms with E-state index in [2.05, 4.69) is 34.4 Å². The van der Waals surface area contributed by atoms with Crippen molar-refractivity contribution >= 4 is 11.6 Å². The van der Waals surface area contributed by atoms with Crippen LogP contribution in [-0.4, -0.2) is 23.6 Å². The first-order chi connectivity index (χ1) is 9.74. The van der Waals surface area contributed by atoms with Crippen LogP contribution in [0.1, 0.15) is 51.5 Å². The largest absolute Gasteiger partial charge is 0.373 e. The summed E-state index contributed by atoms with van der Waals surface area (Å²) in [6.07, 6.45) is 9.24. The molecule has 1 fully saturated rings. The van der Waals surface area contributed by atoms with Crippen molar-refractivity contribution < 1.29 is 0 Å². The molecule has 0 amide bonds. The zero-order chi connectivity index (χ0) is 14.4. The number of rotatable bonds is 6. The lowest BCUT2D eigenvalue weighted by Crippen LogP contribution is -2.22. The summed E-state index contributed by atoms with van der Waals surface area (Å²) in [4.78, 5) is 8.77. The van der Waals surface area contributed by atoms with Gasteiger partial charge in [0.25, 0.3) is 0 Å². The molecule has 1 heterocycles.